The summed E-state index contributed by atoms with van der Waals surface area (Å²) in [6.45, 7) is 4.67. The van der Waals surface area contributed by atoms with Crippen LogP contribution in [0.15, 0.2) is 17.2 Å². The Morgan fingerprint density at radius 3 is 2.67 bits per heavy atom. The van der Waals surface area contributed by atoms with Crippen molar-refractivity contribution in [1.82, 2.24) is 15.0 Å². The summed E-state index contributed by atoms with van der Waals surface area (Å²) >= 11 is 0. The SMILES string of the molecule is CCCC(CC)NS(=O)(=O)c1c[nH]c(CNC)c1. The van der Waals surface area contributed by atoms with Gasteiger partial charge in [-0.05, 0) is 26.0 Å². The first-order chi connectivity index (χ1) is 8.53. The molecule has 0 fully saturated rings. The van der Waals surface area contributed by atoms with Crippen molar-refractivity contribution in [2.75, 3.05) is 7.05 Å². The predicted molar refractivity (Wildman–Crippen MR) is 72.9 cm³/mol. The van der Waals surface area contributed by atoms with E-state index in [0.717, 1.165) is 25.0 Å². The fourth-order valence-corrected chi connectivity index (χ4v) is 3.22. The second kappa shape index (κ2) is 6.92. The van der Waals surface area contributed by atoms with Crippen LogP contribution in [0.5, 0.6) is 0 Å². The molecule has 0 radical (unpaired) electrons. The highest BCUT2D eigenvalue weighted by Crippen LogP contribution is 2.13. The van der Waals surface area contributed by atoms with E-state index in [1.165, 1.54) is 6.20 Å². The molecule has 1 heterocycles. The number of H-pyrrole nitrogens is 1. The van der Waals surface area contributed by atoms with Crippen LogP contribution in [0.1, 0.15) is 38.8 Å². The molecule has 0 aliphatic rings. The summed E-state index contributed by atoms with van der Waals surface area (Å²) in [5.74, 6) is 0. The maximum atomic E-state index is 12.1. The van der Waals surface area contributed by atoms with E-state index in [4.69, 9.17) is 0 Å². The number of nitrogens with one attached hydrogen (secondary N) is 3. The maximum Gasteiger partial charge on any atom is 0.242 e. The molecule has 1 aromatic heterocycles. The smallest absolute Gasteiger partial charge is 0.242 e. The Balaban J connectivity index is 2.78. The molecule has 0 aromatic carbocycles. The summed E-state index contributed by atoms with van der Waals surface area (Å²) in [6.07, 6.45) is 4.18. The Morgan fingerprint density at radius 1 is 1.39 bits per heavy atom. The molecule has 1 unspecified atom stereocenters. The molecular weight excluding hydrogens is 250 g/mol. The molecule has 0 saturated heterocycles. The van der Waals surface area contributed by atoms with Crippen LogP contribution in [0.25, 0.3) is 0 Å². The number of sulfonamides is 1. The minimum Gasteiger partial charge on any atom is -0.363 e. The van der Waals surface area contributed by atoms with Gasteiger partial charge in [0.15, 0.2) is 0 Å². The van der Waals surface area contributed by atoms with Crippen molar-refractivity contribution in [1.29, 1.82) is 0 Å². The monoisotopic (exact) mass is 273 g/mol. The van der Waals surface area contributed by atoms with Gasteiger partial charge in [-0.15, -0.1) is 0 Å². The first kappa shape index (κ1) is 15.2. The normalized spacial score (nSPS) is 13.7. The van der Waals surface area contributed by atoms with Gasteiger partial charge in [-0.2, -0.15) is 0 Å². The highest BCUT2D eigenvalue weighted by Gasteiger charge is 2.19. The van der Waals surface area contributed by atoms with Gasteiger partial charge in [0.2, 0.25) is 10.0 Å². The minimum absolute atomic E-state index is 0.0163. The Kier molecular flexibility index (Phi) is 5.84. The van der Waals surface area contributed by atoms with Crippen molar-refractivity contribution >= 4 is 10.0 Å². The number of aromatic nitrogens is 1. The molecule has 1 aromatic rings. The zero-order valence-electron chi connectivity index (χ0n) is 11.3. The van der Waals surface area contributed by atoms with E-state index in [1.807, 2.05) is 14.0 Å². The molecule has 0 amide bonds. The number of hydrogen-bond donors (Lipinski definition) is 3. The second-order valence-corrected chi connectivity index (χ2v) is 6.12. The molecule has 1 atom stereocenters. The zero-order chi connectivity index (χ0) is 13.6. The maximum absolute atomic E-state index is 12.1. The van der Waals surface area contributed by atoms with Crippen LogP contribution in [-0.2, 0) is 16.6 Å². The Morgan fingerprint density at radius 2 is 2.11 bits per heavy atom. The lowest BCUT2D eigenvalue weighted by Crippen LogP contribution is -2.34. The molecule has 104 valence electrons. The number of hydrogen-bond acceptors (Lipinski definition) is 3. The fourth-order valence-electron chi connectivity index (χ4n) is 1.85. The average Bonchev–Trinajstić information content (AvgIpc) is 2.78. The lowest BCUT2D eigenvalue weighted by atomic mass is 10.1. The van der Waals surface area contributed by atoms with E-state index in [1.54, 1.807) is 6.07 Å². The zero-order valence-corrected chi connectivity index (χ0v) is 12.1. The Bertz CT molecular complexity index is 454. The van der Waals surface area contributed by atoms with Gasteiger partial charge < -0.3 is 10.3 Å². The van der Waals surface area contributed by atoms with Crippen LogP contribution in [0, 0.1) is 0 Å². The van der Waals surface area contributed by atoms with Crippen LogP contribution in [0.4, 0.5) is 0 Å². The van der Waals surface area contributed by atoms with Gasteiger partial charge in [0.05, 0.1) is 4.90 Å². The topological polar surface area (TPSA) is 74.0 Å². The van der Waals surface area contributed by atoms with Gasteiger partial charge in [0, 0.05) is 24.5 Å². The number of aromatic amines is 1. The third-order valence-corrected chi connectivity index (χ3v) is 4.35. The van der Waals surface area contributed by atoms with E-state index < -0.39 is 10.0 Å². The summed E-state index contributed by atoms with van der Waals surface area (Å²) in [5, 5.41) is 2.97. The second-order valence-electron chi connectivity index (χ2n) is 4.41. The van der Waals surface area contributed by atoms with Crippen LogP contribution in [0.3, 0.4) is 0 Å². The van der Waals surface area contributed by atoms with Gasteiger partial charge in [0.25, 0.3) is 0 Å². The van der Waals surface area contributed by atoms with E-state index in [0.29, 0.717) is 11.4 Å². The average molecular weight is 273 g/mol. The molecule has 6 heteroatoms. The van der Waals surface area contributed by atoms with Gasteiger partial charge >= 0.3 is 0 Å². The van der Waals surface area contributed by atoms with Crippen molar-refractivity contribution in [3.05, 3.63) is 18.0 Å². The molecule has 0 saturated carbocycles. The van der Waals surface area contributed by atoms with Crippen molar-refractivity contribution in [2.24, 2.45) is 0 Å². The molecule has 0 aliphatic carbocycles. The van der Waals surface area contributed by atoms with E-state index in [9.17, 15) is 8.42 Å². The highest BCUT2D eigenvalue weighted by molar-refractivity contribution is 7.89. The van der Waals surface area contributed by atoms with Crippen molar-refractivity contribution in [3.63, 3.8) is 0 Å². The van der Waals surface area contributed by atoms with Crippen LogP contribution in [0.2, 0.25) is 0 Å². The third-order valence-electron chi connectivity index (χ3n) is 2.85. The summed E-state index contributed by atoms with van der Waals surface area (Å²) in [4.78, 5) is 3.26. The van der Waals surface area contributed by atoms with E-state index >= 15 is 0 Å². The van der Waals surface area contributed by atoms with Gasteiger partial charge in [0.1, 0.15) is 0 Å². The standard InChI is InChI=1S/C12H23N3O2S/c1-4-6-10(5-2)15-18(16,17)12-7-11(8-13-3)14-9-12/h7,9-10,13-15H,4-6,8H2,1-3H3. The highest BCUT2D eigenvalue weighted by atomic mass is 32.2. The summed E-state index contributed by atoms with van der Waals surface area (Å²) in [6, 6.07) is 1.68. The summed E-state index contributed by atoms with van der Waals surface area (Å²) in [7, 11) is -1.58. The largest absolute Gasteiger partial charge is 0.363 e. The predicted octanol–water partition coefficient (Wildman–Crippen LogP) is 1.59. The molecule has 0 spiro atoms. The lowest BCUT2D eigenvalue weighted by Gasteiger charge is -2.15. The quantitative estimate of drug-likeness (QED) is 0.673. The fraction of sp³-hybridized carbons (Fsp3) is 0.667. The minimum atomic E-state index is -3.40. The number of rotatable bonds is 8. The summed E-state index contributed by atoms with van der Waals surface area (Å²) in [5.41, 5.74) is 0.862. The van der Waals surface area contributed by atoms with Crippen molar-refractivity contribution in [2.45, 2.75) is 50.6 Å². The van der Waals surface area contributed by atoms with Crippen LogP contribution in [-0.4, -0.2) is 26.5 Å². The van der Waals surface area contributed by atoms with Gasteiger partial charge in [-0.1, -0.05) is 20.3 Å². The molecular formula is C12H23N3O2S. The molecule has 18 heavy (non-hydrogen) atoms. The molecule has 3 N–H and O–H groups in total. The molecule has 1 rings (SSSR count). The molecule has 5 nitrogen and oxygen atoms in total. The Hall–Kier alpha value is -0.850. The van der Waals surface area contributed by atoms with E-state index in [-0.39, 0.29) is 6.04 Å². The first-order valence-corrected chi connectivity index (χ1v) is 7.86. The third kappa shape index (κ3) is 4.12. The summed E-state index contributed by atoms with van der Waals surface area (Å²) < 4.78 is 27.0. The van der Waals surface area contributed by atoms with Crippen LogP contribution >= 0.6 is 0 Å². The molecule has 0 aliphatic heterocycles. The van der Waals surface area contributed by atoms with Gasteiger partial charge in [-0.25, -0.2) is 13.1 Å². The van der Waals surface area contributed by atoms with Crippen molar-refractivity contribution < 1.29 is 8.42 Å². The lowest BCUT2D eigenvalue weighted by molar-refractivity contribution is 0.512. The first-order valence-electron chi connectivity index (χ1n) is 6.37. The molecule has 0 bridgehead atoms. The van der Waals surface area contributed by atoms with Crippen molar-refractivity contribution in [3.8, 4) is 0 Å². The van der Waals surface area contributed by atoms with E-state index in [2.05, 4.69) is 21.9 Å². The Labute approximate surface area is 109 Å². The van der Waals surface area contributed by atoms with Gasteiger partial charge in [-0.3, -0.25) is 0 Å². The van der Waals surface area contributed by atoms with Crippen LogP contribution < -0.4 is 10.0 Å².